The Balaban J connectivity index is 4.05. The topological polar surface area (TPSA) is 214 Å². The predicted molar refractivity (Wildman–Crippen MR) is 79.1 cm³/mol. The van der Waals surface area contributed by atoms with E-state index in [0.717, 1.165) is 0 Å². The quantitative estimate of drug-likeness (QED) is 0.192. The number of carbonyl (C=O) groups excluding carboxylic acids is 4. The number of nitrogens with one attached hydrogen (secondary N) is 3. The van der Waals surface area contributed by atoms with Crippen LogP contribution < -0.4 is 27.4 Å². The first kappa shape index (κ1) is 21.3. The van der Waals surface area contributed by atoms with Crippen molar-refractivity contribution in [3.8, 4) is 0 Å². The Kier molecular flexibility index (Phi) is 9.67. The Hall–Kier alpha value is -2.73. The maximum atomic E-state index is 11.5. The molecule has 9 N–H and O–H groups in total. The zero-order valence-electron chi connectivity index (χ0n) is 12.8. The van der Waals surface area contributed by atoms with Crippen LogP contribution >= 0.6 is 0 Å². The third-order valence-corrected chi connectivity index (χ3v) is 2.72. The molecule has 0 radical (unpaired) electrons. The van der Waals surface area contributed by atoms with E-state index in [4.69, 9.17) is 21.7 Å². The molecular formula is C12H21N5O7. The van der Waals surface area contributed by atoms with Gasteiger partial charge in [-0.1, -0.05) is 0 Å². The molecule has 0 rings (SSSR count). The summed E-state index contributed by atoms with van der Waals surface area (Å²) in [5, 5.41) is 23.7. The van der Waals surface area contributed by atoms with Gasteiger partial charge in [0.25, 0.3) is 0 Å². The minimum absolute atomic E-state index is 0.0307. The SMILES string of the molecule is NC(=O)CCC(N)C(=O)NCC(=O)NCC(=O)NC(CO)C(=O)O. The van der Waals surface area contributed by atoms with E-state index in [2.05, 4.69) is 10.6 Å². The molecule has 0 aromatic carbocycles. The van der Waals surface area contributed by atoms with Crippen LogP contribution in [0.25, 0.3) is 0 Å². The zero-order chi connectivity index (χ0) is 18.7. The fourth-order valence-electron chi connectivity index (χ4n) is 1.40. The fraction of sp³-hybridized carbons (Fsp3) is 0.583. The first-order valence-corrected chi connectivity index (χ1v) is 6.88. The lowest BCUT2D eigenvalue weighted by atomic mass is 10.1. The monoisotopic (exact) mass is 347 g/mol. The first-order chi connectivity index (χ1) is 11.2. The molecule has 2 atom stereocenters. The van der Waals surface area contributed by atoms with Gasteiger partial charge in [-0.05, 0) is 6.42 Å². The summed E-state index contributed by atoms with van der Waals surface area (Å²) in [5.74, 6) is -4.23. The third-order valence-electron chi connectivity index (χ3n) is 2.72. The highest BCUT2D eigenvalue weighted by atomic mass is 16.4. The second-order valence-corrected chi connectivity index (χ2v) is 4.75. The zero-order valence-corrected chi connectivity index (χ0v) is 12.8. The van der Waals surface area contributed by atoms with Crippen LogP contribution in [-0.4, -0.2) is 71.6 Å². The molecule has 12 heteroatoms. The lowest BCUT2D eigenvalue weighted by Crippen LogP contribution is -2.49. The molecule has 0 aromatic rings. The molecule has 0 saturated heterocycles. The van der Waals surface area contributed by atoms with Gasteiger partial charge < -0.3 is 37.6 Å². The van der Waals surface area contributed by atoms with Crippen LogP contribution in [0.1, 0.15) is 12.8 Å². The molecule has 24 heavy (non-hydrogen) atoms. The lowest BCUT2D eigenvalue weighted by Gasteiger charge is -2.13. The second kappa shape index (κ2) is 10.9. The molecule has 12 nitrogen and oxygen atoms in total. The van der Waals surface area contributed by atoms with Gasteiger partial charge in [0.05, 0.1) is 25.7 Å². The summed E-state index contributed by atoms with van der Waals surface area (Å²) < 4.78 is 0. The van der Waals surface area contributed by atoms with Crippen LogP contribution in [0.2, 0.25) is 0 Å². The van der Waals surface area contributed by atoms with E-state index in [0.29, 0.717) is 0 Å². The van der Waals surface area contributed by atoms with E-state index < -0.39 is 61.4 Å². The van der Waals surface area contributed by atoms with Gasteiger partial charge in [-0.25, -0.2) is 4.79 Å². The summed E-state index contributed by atoms with van der Waals surface area (Å²) in [4.78, 5) is 55.5. The van der Waals surface area contributed by atoms with E-state index in [1.54, 1.807) is 0 Å². The molecule has 0 aliphatic rings. The van der Waals surface area contributed by atoms with E-state index >= 15 is 0 Å². The van der Waals surface area contributed by atoms with Crippen LogP contribution in [-0.2, 0) is 24.0 Å². The summed E-state index contributed by atoms with van der Waals surface area (Å²) in [5.41, 5.74) is 10.4. The first-order valence-electron chi connectivity index (χ1n) is 6.88. The average molecular weight is 347 g/mol. The molecule has 2 unspecified atom stereocenters. The van der Waals surface area contributed by atoms with Gasteiger partial charge >= 0.3 is 5.97 Å². The molecule has 136 valence electrons. The third kappa shape index (κ3) is 9.32. The standard InChI is InChI=1S/C12H21N5O7/c13-6(1-2-8(14)19)11(22)16-3-9(20)15-4-10(21)17-7(5-18)12(23)24/h6-7,18H,1-5,13H2,(H2,14,19)(H,15,20)(H,16,22)(H,17,21)(H,23,24). The van der Waals surface area contributed by atoms with Crippen LogP contribution in [0.5, 0.6) is 0 Å². The van der Waals surface area contributed by atoms with Crippen LogP contribution in [0.15, 0.2) is 0 Å². The summed E-state index contributed by atoms with van der Waals surface area (Å²) in [7, 11) is 0. The molecule has 0 aromatic heterocycles. The number of amides is 4. The molecule has 0 fully saturated rings. The number of carboxylic acid groups (broad SMARTS) is 1. The molecule has 0 aliphatic carbocycles. The minimum atomic E-state index is -1.47. The molecule has 4 amide bonds. The molecule has 0 saturated carbocycles. The molecule has 0 spiro atoms. The summed E-state index contributed by atoms with van der Waals surface area (Å²) in [6.07, 6.45) is -0.0422. The van der Waals surface area contributed by atoms with Crippen molar-refractivity contribution in [3.63, 3.8) is 0 Å². The van der Waals surface area contributed by atoms with Gasteiger partial charge in [-0.15, -0.1) is 0 Å². The van der Waals surface area contributed by atoms with Crippen LogP contribution in [0.4, 0.5) is 0 Å². The number of carbonyl (C=O) groups is 5. The van der Waals surface area contributed by atoms with Crippen molar-refractivity contribution < 1.29 is 34.2 Å². The Morgan fingerprint density at radius 3 is 2.08 bits per heavy atom. The molecule has 0 aliphatic heterocycles. The van der Waals surface area contributed by atoms with Crippen LogP contribution in [0.3, 0.4) is 0 Å². The number of carboxylic acids is 1. The number of primary amides is 1. The smallest absolute Gasteiger partial charge is 0.328 e. The van der Waals surface area contributed by atoms with Crippen molar-refractivity contribution in [2.45, 2.75) is 24.9 Å². The highest BCUT2D eigenvalue weighted by molar-refractivity contribution is 5.90. The molecular weight excluding hydrogens is 326 g/mol. The highest BCUT2D eigenvalue weighted by Gasteiger charge is 2.19. The Bertz CT molecular complexity index is 496. The van der Waals surface area contributed by atoms with Gasteiger partial charge in [-0.3, -0.25) is 19.2 Å². The predicted octanol–water partition coefficient (Wildman–Crippen LogP) is -4.63. The van der Waals surface area contributed by atoms with Gasteiger partial charge in [0, 0.05) is 6.42 Å². The number of hydrogen-bond acceptors (Lipinski definition) is 7. The number of rotatable bonds is 11. The second-order valence-electron chi connectivity index (χ2n) is 4.75. The van der Waals surface area contributed by atoms with E-state index in [-0.39, 0.29) is 12.8 Å². The number of aliphatic hydroxyl groups excluding tert-OH is 1. The van der Waals surface area contributed by atoms with Gasteiger partial charge in [0.15, 0.2) is 0 Å². The van der Waals surface area contributed by atoms with Crippen molar-refractivity contribution >= 4 is 29.6 Å². The van der Waals surface area contributed by atoms with E-state index in [1.165, 1.54) is 0 Å². The van der Waals surface area contributed by atoms with Gasteiger partial charge in [-0.2, -0.15) is 0 Å². The maximum absolute atomic E-state index is 11.5. The van der Waals surface area contributed by atoms with Gasteiger partial charge in [0.2, 0.25) is 23.6 Å². The Morgan fingerprint density at radius 2 is 1.58 bits per heavy atom. The highest BCUT2D eigenvalue weighted by Crippen LogP contribution is 1.93. The number of nitrogens with two attached hydrogens (primary N) is 2. The largest absolute Gasteiger partial charge is 0.480 e. The summed E-state index contributed by atoms with van der Waals surface area (Å²) in [6.45, 7) is -1.79. The van der Waals surface area contributed by atoms with Crippen molar-refractivity contribution in [2.24, 2.45) is 11.5 Å². The summed E-state index contributed by atoms with van der Waals surface area (Å²) >= 11 is 0. The normalized spacial score (nSPS) is 12.6. The number of aliphatic carboxylic acids is 1. The molecule has 0 heterocycles. The number of hydrogen-bond donors (Lipinski definition) is 7. The maximum Gasteiger partial charge on any atom is 0.328 e. The number of aliphatic hydroxyl groups is 1. The Morgan fingerprint density at radius 1 is 1.00 bits per heavy atom. The van der Waals surface area contributed by atoms with Gasteiger partial charge in [0.1, 0.15) is 6.04 Å². The molecule has 0 bridgehead atoms. The summed E-state index contributed by atoms with van der Waals surface area (Å²) in [6, 6.07) is -2.48. The van der Waals surface area contributed by atoms with E-state index in [1.807, 2.05) is 5.32 Å². The Labute approximate surface area is 136 Å². The lowest BCUT2D eigenvalue weighted by molar-refractivity contribution is -0.142. The van der Waals surface area contributed by atoms with Crippen molar-refractivity contribution in [1.29, 1.82) is 0 Å². The van der Waals surface area contributed by atoms with Crippen molar-refractivity contribution in [1.82, 2.24) is 16.0 Å². The minimum Gasteiger partial charge on any atom is -0.480 e. The fourth-order valence-corrected chi connectivity index (χ4v) is 1.40. The van der Waals surface area contributed by atoms with Crippen molar-refractivity contribution in [3.05, 3.63) is 0 Å². The average Bonchev–Trinajstić information content (AvgIpc) is 2.52. The van der Waals surface area contributed by atoms with Crippen LogP contribution in [0, 0.1) is 0 Å². The van der Waals surface area contributed by atoms with Crippen molar-refractivity contribution in [2.75, 3.05) is 19.7 Å². The van der Waals surface area contributed by atoms with E-state index in [9.17, 15) is 24.0 Å².